The van der Waals surface area contributed by atoms with Crippen LogP contribution in [-0.4, -0.2) is 12.7 Å². The largest absolute Gasteiger partial charge is 0.378 e. The Morgan fingerprint density at radius 3 is 3.00 bits per heavy atom. The van der Waals surface area contributed by atoms with Crippen molar-refractivity contribution in [3.05, 3.63) is 0 Å². The molecule has 0 radical (unpaired) electrons. The van der Waals surface area contributed by atoms with Crippen LogP contribution in [0.25, 0.3) is 0 Å². The SMILES string of the molecule is C#CCC1CCOC1C. The first-order chi connectivity index (χ1) is 4.34. The summed E-state index contributed by atoms with van der Waals surface area (Å²) >= 11 is 0. The summed E-state index contributed by atoms with van der Waals surface area (Å²) in [7, 11) is 0. The molecule has 0 aromatic rings. The van der Waals surface area contributed by atoms with Gasteiger partial charge in [-0.3, -0.25) is 0 Å². The third-order valence-corrected chi connectivity index (χ3v) is 1.91. The highest BCUT2D eigenvalue weighted by molar-refractivity contribution is 4.90. The van der Waals surface area contributed by atoms with Crippen molar-refractivity contribution >= 4 is 0 Å². The monoisotopic (exact) mass is 124 g/mol. The van der Waals surface area contributed by atoms with Crippen molar-refractivity contribution in [1.29, 1.82) is 0 Å². The summed E-state index contributed by atoms with van der Waals surface area (Å²) in [6.07, 6.45) is 7.58. The first-order valence-corrected chi connectivity index (χ1v) is 3.39. The molecule has 0 aromatic heterocycles. The fraction of sp³-hybridized carbons (Fsp3) is 0.750. The fourth-order valence-electron chi connectivity index (χ4n) is 1.20. The lowest BCUT2D eigenvalue weighted by Crippen LogP contribution is -2.09. The Balaban J connectivity index is 2.33. The third kappa shape index (κ3) is 1.46. The molecule has 1 heteroatoms. The number of ether oxygens (including phenoxy) is 1. The molecule has 0 aromatic carbocycles. The van der Waals surface area contributed by atoms with Gasteiger partial charge in [-0.25, -0.2) is 0 Å². The highest BCUT2D eigenvalue weighted by atomic mass is 16.5. The van der Waals surface area contributed by atoms with Gasteiger partial charge >= 0.3 is 0 Å². The van der Waals surface area contributed by atoms with Gasteiger partial charge in [-0.15, -0.1) is 12.3 Å². The summed E-state index contributed by atoms with van der Waals surface area (Å²) in [5, 5.41) is 0. The van der Waals surface area contributed by atoms with E-state index in [0.717, 1.165) is 19.4 Å². The van der Waals surface area contributed by atoms with Crippen molar-refractivity contribution in [2.24, 2.45) is 5.92 Å². The summed E-state index contributed by atoms with van der Waals surface area (Å²) in [6.45, 7) is 2.99. The second-order valence-electron chi connectivity index (χ2n) is 2.53. The van der Waals surface area contributed by atoms with Gasteiger partial charge in [-0.1, -0.05) is 0 Å². The fourth-order valence-corrected chi connectivity index (χ4v) is 1.20. The molecule has 0 spiro atoms. The molecule has 0 saturated carbocycles. The van der Waals surface area contributed by atoms with Crippen LogP contribution in [0.15, 0.2) is 0 Å². The zero-order valence-corrected chi connectivity index (χ0v) is 5.76. The summed E-state index contributed by atoms with van der Waals surface area (Å²) < 4.78 is 5.32. The molecule has 1 heterocycles. The van der Waals surface area contributed by atoms with Crippen LogP contribution >= 0.6 is 0 Å². The van der Waals surface area contributed by atoms with E-state index in [2.05, 4.69) is 12.8 Å². The van der Waals surface area contributed by atoms with E-state index in [1.807, 2.05) is 0 Å². The molecule has 2 atom stereocenters. The number of hydrogen-bond acceptors (Lipinski definition) is 1. The minimum absolute atomic E-state index is 0.390. The van der Waals surface area contributed by atoms with Crippen LogP contribution in [0, 0.1) is 18.3 Å². The van der Waals surface area contributed by atoms with Crippen LogP contribution in [0.1, 0.15) is 19.8 Å². The first kappa shape index (κ1) is 6.64. The molecule has 0 N–H and O–H groups in total. The van der Waals surface area contributed by atoms with Crippen molar-refractivity contribution < 1.29 is 4.74 Å². The molecule has 1 rings (SSSR count). The van der Waals surface area contributed by atoms with E-state index >= 15 is 0 Å². The molecule has 1 saturated heterocycles. The van der Waals surface area contributed by atoms with E-state index in [9.17, 15) is 0 Å². The third-order valence-electron chi connectivity index (χ3n) is 1.91. The van der Waals surface area contributed by atoms with Gasteiger partial charge in [-0.05, 0) is 19.3 Å². The molecule has 50 valence electrons. The Kier molecular flexibility index (Phi) is 2.13. The highest BCUT2D eigenvalue weighted by Crippen LogP contribution is 2.22. The molecule has 0 bridgehead atoms. The Labute approximate surface area is 56.4 Å². The zero-order chi connectivity index (χ0) is 6.69. The van der Waals surface area contributed by atoms with Crippen molar-refractivity contribution in [3.63, 3.8) is 0 Å². The van der Waals surface area contributed by atoms with Gasteiger partial charge in [0.2, 0.25) is 0 Å². The zero-order valence-electron chi connectivity index (χ0n) is 5.76. The van der Waals surface area contributed by atoms with Crippen LogP contribution in [-0.2, 0) is 4.74 Å². The molecule has 1 fully saturated rings. The molecule has 1 nitrogen and oxygen atoms in total. The van der Waals surface area contributed by atoms with Gasteiger partial charge in [0.05, 0.1) is 6.10 Å². The van der Waals surface area contributed by atoms with E-state index in [1.165, 1.54) is 0 Å². The van der Waals surface area contributed by atoms with Crippen LogP contribution in [0.3, 0.4) is 0 Å². The van der Waals surface area contributed by atoms with Crippen LogP contribution in [0.4, 0.5) is 0 Å². The number of terminal acetylenes is 1. The smallest absolute Gasteiger partial charge is 0.0585 e. The van der Waals surface area contributed by atoms with Crippen LogP contribution in [0.2, 0.25) is 0 Å². The van der Waals surface area contributed by atoms with Gasteiger partial charge in [0, 0.05) is 13.0 Å². The Morgan fingerprint density at radius 2 is 2.56 bits per heavy atom. The predicted molar refractivity (Wildman–Crippen MR) is 37.0 cm³/mol. The Hall–Kier alpha value is -0.480. The summed E-state index contributed by atoms with van der Waals surface area (Å²) in [4.78, 5) is 0. The van der Waals surface area contributed by atoms with Crippen molar-refractivity contribution in [3.8, 4) is 12.3 Å². The average molecular weight is 124 g/mol. The van der Waals surface area contributed by atoms with Gasteiger partial charge < -0.3 is 4.74 Å². The maximum absolute atomic E-state index is 5.32. The van der Waals surface area contributed by atoms with E-state index in [1.54, 1.807) is 0 Å². The lowest BCUT2D eigenvalue weighted by Gasteiger charge is -2.08. The quantitative estimate of drug-likeness (QED) is 0.480. The lowest BCUT2D eigenvalue weighted by molar-refractivity contribution is 0.107. The Morgan fingerprint density at radius 1 is 1.78 bits per heavy atom. The van der Waals surface area contributed by atoms with E-state index < -0.39 is 0 Å². The van der Waals surface area contributed by atoms with E-state index in [4.69, 9.17) is 11.2 Å². The first-order valence-electron chi connectivity index (χ1n) is 3.39. The van der Waals surface area contributed by atoms with Crippen molar-refractivity contribution in [2.75, 3.05) is 6.61 Å². The van der Waals surface area contributed by atoms with E-state index in [-0.39, 0.29) is 0 Å². The highest BCUT2D eigenvalue weighted by Gasteiger charge is 2.22. The molecule has 0 amide bonds. The molecule has 0 aliphatic carbocycles. The number of hydrogen-bond donors (Lipinski definition) is 0. The Bertz CT molecular complexity index is 123. The topological polar surface area (TPSA) is 9.23 Å². The molecular formula is C8H12O. The predicted octanol–water partition coefficient (Wildman–Crippen LogP) is 1.43. The summed E-state index contributed by atoms with van der Waals surface area (Å²) in [5.41, 5.74) is 0. The second kappa shape index (κ2) is 2.89. The minimum Gasteiger partial charge on any atom is -0.378 e. The van der Waals surface area contributed by atoms with Gasteiger partial charge in [0.1, 0.15) is 0 Å². The summed E-state index contributed by atoms with van der Waals surface area (Å²) in [5.74, 6) is 3.28. The molecular weight excluding hydrogens is 112 g/mol. The van der Waals surface area contributed by atoms with Crippen LogP contribution in [0.5, 0.6) is 0 Å². The maximum Gasteiger partial charge on any atom is 0.0585 e. The van der Waals surface area contributed by atoms with Gasteiger partial charge in [-0.2, -0.15) is 0 Å². The standard InChI is InChI=1S/C8H12O/c1-3-4-8-5-6-9-7(8)2/h1,7-8H,4-6H2,2H3. The molecule has 9 heavy (non-hydrogen) atoms. The normalized spacial score (nSPS) is 34.2. The summed E-state index contributed by atoms with van der Waals surface area (Å²) in [6, 6.07) is 0. The molecule has 2 unspecified atom stereocenters. The van der Waals surface area contributed by atoms with Gasteiger partial charge in [0.25, 0.3) is 0 Å². The second-order valence-corrected chi connectivity index (χ2v) is 2.53. The molecule has 1 aliphatic heterocycles. The molecule has 1 aliphatic rings. The number of rotatable bonds is 1. The minimum atomic E-state index is 0.390. The average Bonchev–Trinajstić information content (AvgIpc) is 2.18. The van der Waals surface area contributed by atoms with Crippen molar-refractivity contribution in [2.45, 2.75) is 25.9 Å². The van der Waals surface area contributed by atoms with E-state index in [0.29, 0.717) is 12.0 Å². The maximum atomic E-state index is 5.32. The van der Waals surface area contributed by atoms with Gasteiger partial charge in [0.15, 0.2) is 0 Å². The van der Waals surface area contributed by atoms with Crippen LogP contribution < -0.4 is 0 Å². The lowest BCUT2D eigenvalue weighted by atomic mass is 10.00. The van der Waals surface area contributed by atoms with Crippen molar-refractivity contribution in [1.82, 2.24) is 0 Å².